The summed E-state index contributed by atoms with van der Waals surface area (Å²) in [5.41, 5.74) is 3.27. The van der Waals surface area contributed by atoms with Crippen molar-refractivity contribution in [1.82, 2.24) is 0 Å². The van der Waals surface area contributed by atoms with Crippen molar-refractivity contribution in [3.8, 4) is 11.5 Å². The van der Waals surface area contributed by atoms with Crippen LogP contribution in [0, 0.1) is 6.92 Å². The average Bonchev–Trinajstić information content (AvgIpc) is 2.49. The van der Waals surface area contributed by atoms with Crippen molar-refractivity contribution >= 4 is 17.3 Å². The van der Waals surface area contributed by atoms with Crippen molar-refractivity contribution < 1.29 is 9.47 Å². The fraction of sp³-hybridized carbons (Fsp3) is 0.294. The number of aryl methyl sites for hydroxylation is 1. The number of benzene rings is 2. The summed E-state index contributed by atoms with van der Waals surface area (Å²) >= 11 is 6.30. The van der Waals surface area contributed by atoms with E-state index in [0.29, 0.717) is 29.7 Å². The van der Waals surface area contributed by atoms with E-state index >= 15 is 0 Å². The molecule has 2 aromatic rings. The molecular weight excluding hydrogens is 286 g/mol. The first-order chi connectivity index (χ1) is 10.1. The number of hydrogen-bond acceptors (Lipinski definition) is 3. The molecule has 1 N–H and O–H groups in total. The predicted molar refractivity (Wildman–Crippen MR) is 87.7 cm³/mol. The van der Waals surface area contributed by atoms with Crippen molar-refractivity contribution in [2.24, 2.45) is 0 Å². The van der Waals surface area contributed by atoms with E-state index in [-0.39, 0.29) is 0 Å². The van der Waals surface area contributed by atoms with Gasteiger partial charge >= 0.3 is 0 Å². The van der Waals surface area contributed by atoms with E-state index in [9.17, 15) is 0 Å². The molecule has 0 heterocycles. The second-order valence-electron chi connectivity index (χ2n) is 4.75. The molecule has 0 saturated heterocycles. The number of methoxy groups -OCH3 is 1. The summed E-state index contributed by atoms with van der Waals surface area (Å²) in [6.07, 6.45) is 0. The Balaban J connectivity index is 2.15. The van der Waals surface area contributed by atoms with Crippen LogP contribution in [0.4, 0.5) is 5.69 Å². The molecule has 0 atom stereocenters. The number of hydrogen-bond donors (Lipinski definition) is 1. The van der Waals surface area contributed by atoms with Crippen molar-refractivity contribution in [3.05, 3.63) is 52.5 Å². The lowest BCUT2D eigenvalue weighted by molar-refractivity contribution is 0.310. The Hall–Kier alpha value is -1.87. The lowest BCUT2D eigenvalue weighted by Gasteiger charge is -2.14. The lowest BCUT2D eigenvalue weighted by Crippen LogP contribution is -2.02. The maximum Gasteiger partial charge on any atom is 0.162 e. The molecule has 112 valence electrons. The molecule has 0 radical (unpaired) electrons. The molecule has 2 rings (SSSR count). The van der Waals surface area contributed by atoms with Crippen molar-refractivity contribution in [3.63, 3.8) is 0 Å². The van der Waals surface area contributed by atoms with Gasteiger partial charge in [-0.25, -0.2) is 0 Å². The third kappa shape index (κ3) is 4.05. The third-order valence-corrected chi connectivity index (χ3v) is 3.52. The Labute approximate surface area is 130 Å². The van der Waals surface area contributed by atoms with Crippen LogP contribution in [-0.2, 0) is 6.54 Å². The highest BCUT2D eigenvalue weighted by molar-refractivity contribution is 6.31. The van der Waals surface area contributed by atoms with Gasteiger partial charge in [0, 0.05) is 23.3 Å². The number of rotatable bonds is 6. The lowest BCUT2D eigenvalue weighted by atomic mass is 10.1. The zero-order valence-electron chi connectivity index (χ0n) is 12.6. The Morgan fingerprint density at radius 2 is 1.81 bits per heavy atom. The maximum atomic E-state index is 6.30. The highest BCUT2D eigenvalue weighted by atomic mass is 35.5. The fourth-order valence-corrected chi connectivity index (χ4v) is 2.23. The molecule has 0 unspecified atom stereocenters. The zero-order valence-corrected chi connectivity index (χ0v) is 13.3. The zero-order chi connectivity index (χ0) is 15.2. The molecule has 0 fully saturated rings. The quantitative estimate of drug-likeness (QED) is 0.841. The molecule has 0 amide bonds. The van der Waals surface area contributed by atoms with Crippen molar-refractivity contribution in [1.29, 1.82) is 0 Å². The highest BCUT2D eigenvalue weighted by Crippen LogP contribution is 2.33. The Kier molecular flexibility index (Phi) is 5.34. The largest absolute Gasteiger partial charge is 0.493 e. The summed E-state index contributed by atoms with van der Waals surface area (Å²) < 4.78 is 10.9. The fourth-order valence-electron chi connectivity index (χ4n) is 2.01. The maximum absolute atomic E-state index is 6.30. The van der Waals surface area contributed by atoms with Gasteiger partial charge < -0.3 is 14.8 Å². The van der Waals surface area contributed by atoms with Gasteiger partial charge in [-0.15, -0.1) is 0 Å². The van der Waals surface area contributed by atoms with Gasteiger partial charge in [-0.2, -0.15) is 0 Å². The summed E-state index contributed by atoms with van der Waals surface area (Å²) in [5.74, 6) is 1.37. The third-order valence-electron chi connectivity index (χ3n) is 3.17. The Morgan fingerprint density at radius 3 is 2.43 bits per heavy atom. The van der Waals surface area contributed by atoms with E-state index in [1.807, 2.05) is 13.0 Å². The number of anilines is 1. The van der Waals surface area contributed by atoms with Crippen LogP contribution in [0.25, 0.3) is 0 Å². The predicted octanol–water partition coefficient (Wildman–Crippen LogP) is 4.67. The van der Waals surface area contributed by atoms with Gasteiger partial charge in [-0.05, 0) is 37.6 Å². The summed E-state index contributed by atoms with van der Waals surface area (Å²) in [6.45, 7) is 5.23. The minimum Gasteiger partial charge on any atom is -0.493 e. The van der Waals surface area contributed by atoms with Crippen LogP contribution < -0.4 is 14.8 Å². The molecule has 0 aromatic heterocycles. The second kappa shape index (κ2) is 7.23. The summed E-state index contributed by atoms with van der Waals surface area (Å²) in [4.78, 5) is 0. The van der Waals surface area contributed by atoms with Gasteiger partial charge in [0.2, 0.25) is 0 Å². The molecule has 0 aliphatic rings. The average molecular weight is 306 g/mol. The van der Waals surface area contributed by atoms with Crippen LogP contribution in [0.5, 0.6) is 11.5 Å². The van der Waals surface area contributed by atoms with Crippen LogP contribution in [-0.4, -0.2) is 13.7 Å². The van der Waals surface area contributed by atoms with E-state index in [1.54, 1.807) is 13.2 Å². The van der Waals surface area contributed by atoms with E-state index in [1.165, 1.54) is 5.56 Å². The first-order valence-corrected chi connectivity index (χ1v) is 7.31. The van der Waals surface area contributed by atoms with Crippen molar-refractivity contribution in [2.45, 2.75) is 20.4 Å². The molecule has 0 bridgehead atoms. The van der Waals surface area contributed by atoms with Gasteiger partial charge in [0.05, 0.1) is 13.7 Å². The first-order valence-electron chi connectivity index (χ1n) is 6.93. The summed E-state index contributed by atoms with van der Waals surface area (Å²) in [6, 6.07) is 12.0. The smallest absolute Gasteiger partial charge is 0.162 e. The molecule has 0 saturated carbocycles. The van der Waals surface area contributed by atoms with Crippen LogP contribution in [0.15, 0.2) is 36.4 Å². The van der Waals surface area contributed by atoms with Gasteiger partial charge in [-0.3, -0.25) is 0 Å². The minimum absolute atomic E-state index is 0.586. The first kappa shape index (κ1) is 15.5. The van der Waals surface area contributed by atoms with Gasteiger partial charge in [0.1, 0.15) is 0 Å². The second-order valence-corrected chi connectivity index (χ2v) is 5.15. The molecule has 0 spiro atoms. The summed E-state index contributed by atoms with van der Waals surface area (Å²) in [5, 5.41) is 4.02. The van der Waals surface area contributed by atoms with Crippen LogP contribution in [0.2, 0.25) is 5.02 Å². The normalized spacial score (nSPS) is 10.3. The molecule has 2 aromatic carbocycles. The standard InChI is InChI=1S/C17H20ClNO2/c1-4-21-17-9-13(15(18)10-16(17)20-3)11-19-14-7-5-12(2)6-8-14/h5-10,19H,4,11H2,1-3H3. The van der Waals surface area contributed by atoms with Crippen LogP contribution >= 0.6 is 11.6 Å². The SMILES string of the molecule is CCOc1cc(CNc2ccc(C)cc2)c(Cl)cc1OC. The van der Waals surface area contributed by atoms with E-state index in [4.69, 9.17) is 21.1 Å². The number of nitrogens with one attached hydrogen (secondary N) is 1. The number of ether oxygens (including phenoxy) is 2. The van der Waals surface area contributed by atoms with Crippen LogP contribution in [0.1, 0.15) is 18.1 Å². The monoisotopic (exact) mass is 305 g/mol. The summed E-state index contributed by atoms with van der Waals surface area (Å²) in [7, 11) is 1.61. The van der Waals surface area contributed by atoms with Gasteiger partial charge in [0.25, 0.3) is 0 Å². The molecule has 0 aliphatic carbocycles. The molecule has 0 aliphatic heterocycles. The van der Waals surface area contributed by atoms with Crippen LogP contribution in [0.3, 0.4) is 0 Å². The highest BCUT2D eigenvalue weighted by Gasteiger charge is 2.10. The Morgan fingerprint density at radius 1 is 1.10 bits per heavy atom. The number of halogens is 1. The van der Waals surface area contributed by atoms with Gasteiger partial charge in [0.15, 0.2) is 11.5 Å². The van der Waals surface area contributed by atoms with E-state index in [0.717, 1.165) is 11.3 Å². The van der Waals surface area contributed by atoms with Crippen molar-refractivity contribution in [2.75, 3.05) is 19.0 Å². The van der Waals surface area contributed by atoms with E-state index < -0.39 is 0 Å². The Bertz CT molecular complexity index is 596. The molecule has 3 nitrogen and oxygen atoms in total. The molecule has 21 heavy (non-hydrogen) atoms. The topological polar surface area (TPSA) is 30.5 Å². The minimum atomic E-state index is 0.586. The molecule has 4 heteroatoms. The van der Waals surface area contributed by atoms with Gasteiger partial charge in [-0.1, -0.05) is 29.3 Å². The van der Waals surface area contributed by atoms with E-state index in [2.05, 4.69) is 36.5 Å². The molecular formula is C17H20ClNO2.